The van der Waals surface area contributed by atoms with Gasteiger partial charge in [0, 0.05) is 6.54 Å². The van der Waals surface area contributed by atoms with E-state index in [4.69, 9.17) is 15.0 Å². The highest BCUT2D eigenvalue weighted by atomic mass is 16.5. The van der Waals surface area contributed by atoms with E-state index in [1.807, 2.05) is 0 Å². The Balaban J connectivity index is 1.49. The van der Waals surface area contributed by atoms with Gasteiger partial charge in [0.25, 0.3) is 0 Å². The Bertz CT molecular complexity index is 722. The third kappa shape index (κ3) is 4.55. The minimum absolute atomic E-state index is 0.0638. The van der Waals surface area contributed by atoms with Crippen molar-refractivity contribution in [1.82, 2.24) is 15.5 Å². The van der Waals surface area contributed by atoms with Gasteiger partial charge in [-0.1, -0.05) is 17.3 Å². The summed E-state index contributed by atoms with van der Waals surface area (Å²) in [5, 5.41) is 6.47. The summed E-state index contributed by atoms with van der Waals surface area (Å²) in [5.41, 5.74) is 5.94. The second-order valence-corrected chi connectivity index (χ2v) is 5.74. The highest BCUT2D eigenvalue weighted by molar-refractivity contribution is 5.89. The molecule has 1 heterocycles. The van der Waals surface area contributed by atoms with Crippen LogP contribution >= 0.6 is 0 Å². The van der Waals surface area contributed by atoms with Crippen LogP contribution in [-0.2, 0) is 17.8 Å². The van der Waals surface area contributed by atoms with Crippen molar-refractivity contribution in [3.63, 3.8) is 0 Å². The first-order valence-corrected chi connectivity index (χ1v) is 7.71. The fraction of sp³-hybridized carbons (Fsp3) is 0.375. The van der Waals surface area contributed by atoms with Gasteiger partial charge in [0.15, 0.2) is 6.61 Å². The van der Waals surface area contributed by atoms with E-state index < -0.39 is 0 Å². The lowest BCUT2D eigenvalue weighted by atomic mass is 10.1. The second-order valence-electron chi connectivity index (χ2n) is 5.74. The molecule has 24 heavy (non-hydrogen) atoms. The molecule has 0 spiro atoms. The topological polar surface area (TPSA) is 120 Å². The molecule has 126 valence electrons. The number of carbonyl (C=O) groups excluding carboxylic acids is 2. The number of nitrogens with one attached hydrogen (secondary N) is 1. The predicted molar refractivity (Wildman–Crippen MR) is 83.0 cm³/mol. The number of rotatable bonds is 8. The lowest BCUT2D eigenvalue weighted by Gasteiger charge is -2.04. The number of nitrogens with zero attached hydrogens (tertiary/aromatic N) is 2. The van der Waals surface area contributed by atoms with Gasteiger partial charge < -0.3 is 20.3 Å². The van der Waals surface area contributed by atoms with Gasteiger partial charge in [-0.15, -0.1) is 0 Å². The van der Waals surface area contributed by atoms with E-state index in [0.29, 0.717) is 18.2 Å². The van der Waals surface area contributed by atoms with E-state index in [9.17, 15) is 9.59 Å². The van der Waals surface area contributed by atoms with Crippen LogP contribution in [0.25, 0.3) is 0 Å². The quantitative estimate of drug-likeness (QED) is 0.739. The Morgan fingerprint density at radius 2 is 2.04 bits per heavy atom. The number of aromatic nitrogens is 2. The number of primary amides is 1. The Morgan fingerprint density at radius 3 is 2.71 bits per heavy atom. The number of hydrogen-bond donors (Lipinski definition) is 2. The highest BCUT2D eigenvalue weighted by Gasteiger charge is 2.23. The summed E-state index contributed by atoms with van der Waals surface area (Å²) in [6.45, 7) is 0.721. The molecule has 8 nitrogen and oxygen atoms in total. The smallest absolute Gasteiger partial charge is 0.316 e. The number of benzene rings is 1. The van der Waals surface area contributed by atoms with Crippen LogP contribution in [0.15, 0.2) is 28.8 Å². The summed E-state index contributed by atoms with van der Waals surface area (Å²) in [5.74, 6) is 0.642. The summed E-state index contributed by atoms with van der Waals surface area (Å²) in [4.78, 5) is 26.6. The Labute approximate surface area is 138 Å². The van der Waals surface area contributed by atoms with Crippen LogP contribution in [-0.4, -0.2) is 28.5 Å². The molecule has 1 aromatic carbocycles. The Kier molecular flexibility index (Phi) is 4.74. The number of hydrogen-bond acceptors (Lipinski definition) is 6. The molecule has 0 saturated heterocycles. The van der Waals surface area contributed by atoms with Crippen molar-refractivity contribution < 1.29 is 18.8 Å². The summed E-state index contributed by atoms with van der Waals surface area (Å²) < 4.78 is 10.4. The fourth-order valence-corrected chi connectivity index (χ4v) is 2.09. The first-order valence-electron chi connectivity index (χ1n) is 7.71. The average Bonchev–Trinajstić information content (AvgIpc) is 3.27. The standard InChI is InChI=1S/C16H18N4O4/c17-13(21)7-10-3-5-12(6-4-10)23-9-14-19-16(24-20-14)15(22)18-8-11-1-2-11/h3-6,11H,1-2,7-9H2,(H2,17,21)(H,18,22). The number of amides is 2. The lowest BCUT2D eigenvalue weighted by Crippen LogP contribution is -2.25. The largest absolute Gasteiger partial charge is 0.485 e. The van der Waals surface area contributed by atoms with Crippen LogP contribution in [0.1, 0.15) is 34.9 Å². The predicted octanol–water partition coefficient (Wildman–Crippen LogP) is 0.816. The molecule has 3 rings (SSSR count). The Morgan fingerprint density at radius 1 is 1.29 bits per heavy atom. The molecule has 1 aliphatic rings. The number of nitrogens with two attached hydrogens (primary N) is 1. The molecule has 0 radical (unpaired) electrons. The molecular formula is C16H18N4O4. The van der Waals surface area contributed by atoms with Crippen molar-refractivity contribution in [3.05, 3.63) is 41.5 Å². The highest BCUT2D eigenvalue weighted by Crippen LogP contribution is 2.27. The van der Waals surface area contributed by atoms with Crippen LogP contribution in [0, 0.1) is 5.92 Å². The van der Waals surface area contributed by atoms with Crippen molar-refractivity contribution in [1.29, 1.82) is 0 Å². The maximum absolute atomic E-state index is 11.8. The average molecular weight is 330 g/mol. The van der Waals surface area contributed by atoms with Gasteiger partial charge in [-0.05, 0) is 36.5 Å². The lowest BCUT2D eigenvalue weighted by molar-refractivity contribution is -0.117. The number of ether oxygens (including phenoxy) is 1. The summed E-state index contributed by atoms with van der Waals surface area (Å²) in [6.07, 6.45) is 2.49. The molecule has 0 atom stereocenters. The van der Waals surface area contributed by atoms with Crippen LogP contribution in [0.3, 0.4) is 0 Å². The van der Waals surface area contributed by atoms with E-state index in [0.717, 1.165) is 18.4 Å². The van der Waals surface area contributed by atoms with Gasteiger partial charge in [-0.2, -0.15) is 4.98 Å². The maximum Gasteiger partial charge on any atom is 0.316 e. The van der Waals surface area contributed by atoms with E-state index in [1.165, 1.54) is 0 Å². The van der Waals surface area contributed by atoms with Gasteiger partial charge in [0.1, 0.15) is 5.75 Å². The molecule has 0 bridgehead atoms. The number of carbonyl (C=O) groups is 2. The second kappa shape index (κ2) is 7.12. The zero-order chi connectivity index (χ0) is 16.9. The minimum Gasteiger partial charge on any atom is -0.485 e. The van der Waals surface area contributed by atoms with Crippen molar-refractivity contribution >= 4 is 11.8 Å². The molecule has 1 saturated carbocycles. The zero-order valence-electron chi connectivity index (χ0n) is 13.0. The van der Waals surface area contributed by atoms with Gasteiger partial charge in [0.2, 0.25) is 11.7 Å². The molecule has 8 heteroatoms. The van der Waals surface area contributed by atoms with Crippen molar-refractivity contribution in [3.8, 4) is 5.75 Å². The normalized spacial score (nSPS) is 13.5. The molecule has 1 aliphatic carbocycles. The third-order valence-electron chi connectivity index (χ3n) is 3.58. The van der Waals surface area contributed by atoms with Gasteiger partial charge in [-0.25, -0.2) is 0 Å². The van der Waals surface area contributed by atoms with E-state index >= 15 is 0 Å². The van der Waals surface area contributed by atoms with Crippen LogP contribution in [0.2, 0.25) is 0 Å². The van der Waals surface area contributed by atoms with Crippen LogP contribution < -0.4 is 15.8 Å². The van der Waals surface area contributed by atoms with E-state index in [2.05, 4.69) is 15.5 Å². The summed E-state index contributed by atoms with van der Waals surface area (Å²) in [7, 11) is 0. The molecule has 2 aromatic rings. The zero-order valence-corrected chi connectivity index (χ0v) is 13.0. The molecule has 2 amide bonds. The third-order valence-corrected chi connectivity index (χ3v) is 3.58. The maximum atomic E-state index is 11.8. The van der Waals surface area contributed by atoms with Gasteiger partial charge in [-0.3, -0.25) is 9.59 Å². The SMILES string of the molecule is NC(=O)Cc1ccc(OCc2noc(C(=O)NCC3CC3)n2)cc1. The minimum atomic E-state index is -0.386. The summed E-state index contributed by atoms with van der Waals surface area (Å²) >= 11 is 0. The van der Waals surface area contributed by atoms with Crippen LogP contribution in [0.4, 0.5) is 0 Å². The Hall–Kier alpha value is -2.90. The van der Waals surface area contributed by atoms with Crippen LogP contribution in [0.5, 0.6) is 5.75 Å². The monoisotopic (exact) mass is 330 g/mol. The van der Waals surface area contributed by atoms with Gasteiger partial charge in [0.05, 0.1) is 6.42 Å². The first kappa shape index (κ1) is 16.0. The molecular weight excluding hydrogens is 312 g/mol. The van der Waals surface area contributed by atoms with Gasteiger partial charge >= 0.3 is 11.8 Å². The molecule has 1 fully saturated rings. The molecule has 0 aliphatic heterocycles. The molecule has 3 N–H and O–H groups in total. The van der Waals surface area contributed by atoms with Crippen molar-refractivity contribution in [2.75, 3.05) is 6.54 Å². The van der Waals surface area contributed by atoms with Crippen molar-refractivity contribution in [2.45, 2.75) is 25.9 Å². The van der Waals surface area contributed by atoms with E-state index in [1.54, 1.807) is 24.3 Å². The van der Waals surface area contributed by atoms with E-state index in [-0.39, 0.29) is 36.6 Å². The summed E-state index contributed by atoms with van der Waals surface area (Å²) in [6, 6.07) is 6.96. The van der Waals surface area contributed by atoms with Crippen molar-refractivity contribution in [2.24, 2.45) is 11.7 Å². The molecule has 1 aromatic heterocycles. The molecule has 0 unspecified atom stereocenters. The fourth-order valence-electron chi connectivity index (χ4n) is 2.09. The first-order chi connectivity index (χ1) is 11.6.